The Bertz CT molecular complexity index is 1170. The number of alkyl halides is 2. The van der Waals surface area contributed by atoms with Gasteiger partial charge in [0.1, 0.15) is 0 Å². The molecule has 0 saturated heterocycles. The van der Waals surface area contributed by atoms with Crippen LogP contribution in [0, 0.1) is 0 Å². The number of benzene rings is 2. The van der Waals surface area contributed by atoms with E-state index in [0.717, 1.165) is 5.69 Å². The molecular formula is C18H13ClF2N6O3S. The van der Waals surface area contributed by atoms with Crippen molar-refractivity contribution in [2.24, 2.45) is 0 Å². The van der Waals surface area contributed by atoms with Crippen molar-refractivity contribution in [1.82, 2.24) is 30.3 Å². The van der Waals surface area contributed by atoms with Gasteiger partial charge in [-0.2, -0.15) is 18.4 Å². The zero-order chi connectivity index (χ0) is 21.8. The molecule has 4 aromatic rings. The number of ether oxygens (including phenoxy) is 2. The molecule has 9 nitrogen and oxygen atoms in total. The minimum atomic E-state index is -2.96. The lowest BCUT2D eigenvalue weighted by Gasteiger charge is -2.10. The van der Waals surface area contributed by atoms with Crippen LogP contribution in [0.2, 0.25) is 5.02 Å². The molecule has 4 rings (SSSR count). The maximum atomic E-state index is 12.5. The van der Waals surface area contributed by atoms with Gasteiger partial charge in [0.15, 0.2) is 11.5 Å². The number of methoxy groups -OCH3 is 1. The summed E-state index contributed by atoms with van der Waals surface area (Å²) in [6.07, 6.45) is 0. The SMILES string of the molecule is COc1cc(-c2noc(CSc3nnnn3-c3ccc(Cl)cc3)n2)ccc1OC(F)F. The monoisotopic (exact) mass is 466 g/mol. The van der Waals surface area contributed by atoms with Crippen LogP contribution in [0.3, 0.4) is 0 Å². The fourth-order valence-corrected chi connectivity index (χ4v) is 3.42. The summed E-state index contributed by atoms with van der Waals surface area (Å²) < 4.78 is 41.3. The molecule has 0 aliphatic rings. The van der Waals surface area contributed by atoms with Gasteiger partial charge in [0.25, 0.3) is 0 Å². The molecule has 0 fully saturated rings. The Labute approximate surface area is 183 Å². The fraction of sp³-hybridized carbons (Fsp3) is 0.167. The molecule has 2 aromatic carbocycles. The van der Waals surface area contributed by atoms with Gasteiger partial charge in [-0.3, -0.25) is 0 Å². The first-order valence-corrected chi connectivity index (χ1v) is 10.0. The third-order valence-corrected chi connectivity index (χ3v) is 5.10. The normalized spacial score (nSPS) is 11.1. The first kappa shape index (κ1) is 21.0. The van der Waals surface area contributed by atoms with Gasteiger partial charge in [-0.15, -0.1) is 5.10 Å². The van der Waals surface area contributed by atoms with Crippen LogP contribution in [0.15, 0.2) is 52.1 Å². The number of hydrogen-bond donors (Lipinski definition) is 0. The van der Waals surface area contributed by atoms with E-state index < -0.39 is 6.61 Å². The maximum absolute atomic E-state index is 12.5. The second-order valence-corrected chi connectivity index (χ2v) is 7.27. The summed E-state index contributed by atoms with van der Waals surface area (Å²) in [7, 11) is 1.35. The number of thioether (sulfide) groups is 1. The van der Waals surface area contributed by atoms with Crippen LogP contribution < -0.4 is 9.47 Å². The van der Waals surface area contributed by atoms with Crippen molar-refractivity contribution < 1.29 is 22.8 Å². The molecule has 0 amide bonds. The van der Waals surface area contributed by atoms with Crippen molar-refractivity contribution in [3.8, 4) is 28.6 Å². The van der Waals surface area contributed by atoms with Gasteiger partial charge in [-0.25, -0.2) is 0 Å². The molecule has 0 aliphatic carbocycles. The van der Waals surface area contributed by atoms with E-state index in [1.54, 1.807) is 28.9 Å². The lowest BCUT2D eigenvalue weighted by atomic mass is 10.2. The van der Waals surface area contributed by atoms with E-state index in [0.29, 0.717) is 27.4 Å². The molecule has 0 N–H and O–H groups in total. The molecule has 0 bridgehead atoms. The predicted molar refractivity (Wildman–Crippen MR) is 107 cm³/mol. The molecular weight excluding hydrogens is 454 g/mol. The van der Waals surface area contributed by atoms with Crippen LogP contribution in [0.1, 0.15) is 5.89 Å². The number of tetrazole rings is 1. The van der Waals surface area contributed by atoms with E-state index in [1.165, 1.54) is 37.1 Å². The summed E-state index contributed by atoms with van der Waals surface area (Å²) in [4.78, 5) is 4.32. The number of halogens is 3. The largest absolute Gasteiger partial charge is 0.493 e. The molecule has 2 aromatic heterocycles. The summed E-state index contributed by atoms with van der Waals surface area (Å²) in [6.45, 7) is -2.96. The molecule has 0 saturated carbocycles. The average Bonchev–Trinajstić information content (AvgIpc) is 3.42. The summed E-state index contributed by atoms with van der Waals surface area (Å²) in [6, 6.07) is 11.4. The third-order valence-electron chi connectivity index (χ3n) is 3.94. The van der Waals surface area contributed by atoms with E-state index in [9.17, 15) is 8.78 Å². The molecule has 160 valence electrons. The summed E-state index contributed by atoms with van der Waals surface area (Å²) in [5, 5.41) is 16.7. The van der Waals surface area contributed by atoms with Crippen molar-refractivity contribution >= 4 is 23.4 Å². The van der Waals surface area contributed by atoms with Gasteiger partial charge in [0, 0.05) is 10.6 Å². The second kappa shape index (κ2) is 9.27. The van der Waals surface area contributed by atoms with Gasteiger partial charge in [-0.1, -0.05) is 28.5 Å². The highest BCUT2D eigenvalue weighted by Gasteiger charge is 2.16. The molecule has 13 heteroatoms. The Morgan fingerprint density at radius 3 is 2.71 bits per heavy atom. The van der Waals surface area contributed by atoms with Gasteiger partial charge in [-0.05, 0) is 52.9 Å². The van der Waals surface area contributed by atoms with Crippen LogP contribution in [-0.2, 0) is 5.75 Å². The van der Waals surface area contributed by atoms with Crippen LogP contribution in [0.4, 0.5) is 8.78 Å². The topological polar surface area (TPSA) is 101 Å². The number of aromatic nitrogens is 6. The van der Waals surface area contributed by atoms with Crippen LogP contribution in [0.5, 0.6) is 11.5 Å². The Kier molecular flexibility index (Phi) is 6.28. The second-order valence-electron chi connectivity index (χ2n) is 5.89. The molecule has 0 spiro atoms. The van der Waals surface area contributed by atoms with Gasteiger partial charge in [0.2, 0.25) is 16.9 Å². The summed E-state index contributed by atoms with van der Waals surface area (Å²) in [5.74, 6) is 0.951. The molecule has 0 radical (unpaired) electrons. The first-order valence-electron chi connectivity index (χ1n) is 8.66. The number of nitrogens with zero attached hydrogens (tertiary/aromatic N) is 6. The summed E-state index contributed by atoms with van der Waals surface area (Å²) >= 11 is 7.22. The molecule has 2 heterocycles. The zero-order valence-corrected chi connectivity index (χ0v) is 17.3. The van der Waals surface area contributed by atoms with Crippen molar-refractivity contribution in [3.63, 3.8) is 0 Å². The summed E-state index contributed by atoms with van der Waals surface area (Å²) in [5.41, 5.74) is 1.27. The minimum Gasteiger partial charge on any atom is -0.493 e. The van der Waals surface area contributed by atoms with E-state index in [1.807, 2.05) is 0 Å². The molecule has 0 unspecified atom stereocenters. The standard InChI is InChI=1S/C18H13ClF2N6O3S/c1-28-14-8-10(2-7-13(14)29-17(20)21)16-22-15(30-24-16)9-31-18-23-25-26-27(18)12-5-3-11(19)4-6-12/h2-8,17H,9H2,1H3. The Balaban J connectivity index is 1.47. The Morgan fingerprint density at radius 2 is 1.97 bits per heavy atom. The van der Waals surface area contributed by atoms with E-state index in [2.05, 4.69) is 30.4 Å². The lowest BCUT2D eigenvalue weighted by molar-refractivity contribution is -0.0512. The van der Waals surface area contributed by atoms with Crippen molar-refractivity contribution in [2.45, 2.75) is 17.5 Å². The molecule has 31 heavy (non-hydrogen) atoms. The van der Waals surface area contributed by atoms with E-state index >= 15 is 0 Å². The van der Waals surface area contributed by atoms with E-state index in [-0.39, 0.29) is 17.3 Å². The highest BCUT2D eigenvalue weighted by Crippen LogP contribution is 2.33. The zero-order valence-electron chi connectivity index (χ0n) is 15.8. The van der Waals surface area contributed by atoms with Crippen LogP contribution in [-0.4, -0.2) is 44.1 Å². The first-order chi connectivity index (χ1) is 15.0. The highest BCUT2D eigenvalue weighted by atomic mass is 35.5. The smallest absolute Gasteiger partial charge is 0.387 e. The number of rotatable bonds is 8. The van der Waals surface area contributed by atoms with Crippen LogP contribution >= 0.6 is 23.4 Å². The molecule has 0 atom stereocenters. The van der Waals surface area contributed by atoms with Crippen molar-refractivity contribution in [3.05, 3.63) is 53.4 Å². The fourth-order valence-electron chi connectivity index (χ4n) is 2.57. The van der Waals surface area contributed by atoms with Crippen molar-refractivity contribution in [1.29, 1.82) is 0 Å². The van der Waals surface area contributed by atoms with Crippen LogP contribution in [0.25, 0.3) is 17.1 Å². The minimum absolute atomic E-state index is 0.0884. The Morgan fingerprint density at radius 1 is 1.16 bits per heavy atom. The van der Waals surface area contributed by atoms with Crippen molar-refractivity contribution in [2.75, 3.05) is 7.11 Å². The third kappa shape index (κ3) is 4.91. The highest BCUT2D eigenvalue weighted by molar-refractivity contribution is 7.98. The average molecular weight is 467 g/mol. The molecule has 0 aliphatic heterocycles. The van der Waals surface area contributed by atoms with Gasteiger partial charge < -0.3 is 14.0 Å². The quantitative estimate of drug-likeness (QED) is 0.352. The Hall–Kier alpha value is -3.25. The lowest BCUT2D eigenvalue weighted by Crippen LogP contribution is -2.03. The number of hydrogen-bond acceptors (Lipinski definition) is 9. The van der Waals surface area contributed by atoms with Gasteiger partial charge in [0.05, 0.1) is 18.6 Å². The van der Waals surface area contributed by atoms with Gasteiger partial charge >= 0.3 is 6.61 Å². The predicted octanol–water partition coefficient (Wildman–Crippen LogP) is 4.27. The maximum Gasteiger partial charge on any atom is 0.387 e. The van der Waals surface area contributed by atoms with E-state index in [4.69, 9.17) is 20.9 Å².